The molecule has 0 spiro atoms. The molecule has 1 saturated heterocycles. The lowest BCUT2D eigenvalue weighted by molar-refractivity contribution is -0.139. The number of carbonyl (C=O) groups excluding carboxylic acids is 3. The zero-order chi connectivity index (χ0) is 22.2. The first-order valence-electron chi connectivity index (χ1n) is 10.6. The van der Waals surface area contributed by atoms with E-state index in [4.69, 9.17) is 0 Å². The van der Waals surface area contributed by atoms with Crippen molar-refractivity contribution in [2.24, 2.45) is 0 Å². The molecule has 5 rings (SSSR count). The fraction of sp³-hybridized carbons (Fsp3) is 0.250. The van der Waals surface area contributed by atoms with E-state index in [0.717, 1.165) is 36.1 Å². The number of hydrogen-bond donors (Lipinski definition) is 1. The Kier molecular flexibility index (Phi) is 5.05. The van der Waals surface area contributed by atoms with Crippen LogP contribution in [0.2, 0.25) is 0 Å². The van der Waals surface area contributed by atoms with Gasteiger partial charge < -0.3 is 5.32 Å². The molecule has 0 unspecified atom stereocenters. The summed E-state index contributed by atoms with van der Waals surface area (Å²) in [4.78, 5) is 37.8. The highest BCUT2D eigenvalue weighted by Crippen LogP contribution is 2.29. The maximum Gasteiger partial charge on any atom is 0.276 e. The summed E-state index contributed by atoms with van der Waals surface area (Å²) >= 11 is 0. The molecule has 2 aromatic carbocycles. The van der Waals surface area contributed by atoms with Gasteiger partial charge >= 0.3 is 0 Å². The number of halogens is 1. The Hall–Kier alpha value is -3.81. The molecular formula is C24H21FN4O3. The van der Waals surface area contributed by atoms with Crippen LogP contribution in [0.1, 0.15) is 46.6 Å². The summed E-state index contributed by atoms with van der Waals surface area (Å²) in [5.74, 6) is -1.06. The Labute approximate surface area is 183 Å². The van der Waals surface area contributed by atoms with E-state index < -0.39 is 0 Å². The third-order valence-corrected chi connectivity index (χ3v) is 5.93. The van der Waals surface area contributed by atoms with E-state index in [0.29, 0.717) is 17.1 Å². The van der Waals surface area contributed by atoms with Crippen molar-refractivity contribution in [3.05, 3.63) is 76.9 Å². The fourth-order valence-corrected chi connectivity index (χ4v) is 4.31. The summed E-state index contributed by atoms with van der Waals surface area (Å²) in [6, 6.07) is 13.4. The number of carbonyl (C=O) groups is 3. The molecule has 2 heterocycles. The topological polar surface area (TPSA) is 84.3 Å². The van der Waals surface area contributed by atoms with Gasteiger partial charge in [0.15, 0.2) is 5.69 Å². The molecule has 7 nitrogen and oxygen atoms in total. The van der Waals surface area contributed by atoms with Crippen LogP contribution in [0.3, 0.4) is 0 Å². The van der Waals surface area contributed by atoms with Gasteiger partial charge in [-0.25, -0.2) is 9.07 Å². The van der Waals surface area contributed by atoms with Crippen molar-refractivity contribution < 1.29 is 18.8 Å². The number of para-hydroxylation sites is 1. The molecule has 2 aliphatic rings. The van der Waals surface area contributed by atoms with E-state index >= 15 is 0 Å². The summed E-state index contributed by atoms with van der Waals surface area (Å²) in [5.41, 5.74) is 3.74. The molecular weight excluding hydrogens is 411 g/mol. The molecule has 0 bridgehead atoms. The zero-order valence-corrected chi connectivity index (χ0v) is 17.3. The van der Waals surface area contributed by atoms with Gasteiger partial charge in [0.25, 0.3) is 5.91 Å². The van der Waals surface area contributed by atoms with Gasteiger partial charge in [-0.05, 0) is 49.1 Å². The number of imide groups is 1. The van der Waals surface area contributed by atoms with E-state index in [1.165, 1.54) is 11.0 Å². The van der Waals surface area contributed by atoms with Crippen LogP contribution in [0.5, 0.6) is 0 Å². The summed E-state index contributed by atoms with van der Waals surface area (Å²) in [6.45, 7) is 0.229. The molecule has 3 amide bonds. The molecule has 1 aliphatic heterocycles. The van der Waals surface area contributed by atoms with Crippen molar-refractivity contribution in [3.63, 3.8) is 0 Å². The van der Waals surface area contributed by atoms with Crippen LogP contribution in [0.4, 0.5) is 10.1 Å². The number of likely N-dealkylation sites (tertiary alicyclic amines) is 1. The predicted octanol–water partition coefficient (Wildman–Crippen LogP) is 3.40. The van der Waals surface area contributed by atoms with Gasteiger partial charge in [0, 0.05) is 29.8 Å². The number of hydrogen-bond acceptors (Lipinski definition) is 4. The molecule has 0 radical (unpaired) electrons. The normalized spacial score (nSPS) is 15.3. The Bertz CT molecular complexity index is 1220. The number of anilines is 1. The number of aromatic nitrogens is 2. The summed E-state index contributed by atoms with van der Waals surface area (Å²) in [6.07, 6.45) is 2.88. The molecule has 0 saturated carbocycles. The molecule has 1 aromatic heterocycles. The van der Waals surface area contributed by atoms with Crippen LogP contribution in [0, 0.1) is 5.82 Å². The van der Waals surface area contributed by atoms with Gasteiger partial charge in [-0.3, -0.25) is 19.3 Å². The van der Waals surface area contributed by atoms with E-state index in [1.807, 2.05) is 0 Å². The third kappa shape index (κ3) is 3.57. The minimum Gasteiger partial charge on any atom is -0.321 e. The van der Waals surface area contributed by atoms with Crippen molar-refractivity contribution in [1.82, 2.24) is 14.7 Å². The van der Waals surface area contributed by atoms with Crippen LogP contribution in [-0.4, -0.2) is 32.4 Å². The van der Waals surface area contributed by atoms with Gasteiger partial charge in [0.1, 0.15) is 11.5 Å². The van der Waals surface area contributed by atoms with Gasteiger partial charge in [-0.1, -0.05) is 24.3 Å². The molecule has 32 heavy (non-hydrogen) atoms. The van der Waals surface area contributed by atoms with Gasteiger partial charge in [0.2, 0.25) is 11.8 Å². The van der Waals surface area contributed by atoms with Gasteiger partial charge in [0.05, 0.1) is 6.54 Å². The van der Waals surface area contributed by atoms with Crippen molar-refractivity contribution >= 4 is 23.4 Å². The molecule has 3 aromatic rings. The second-order valence-electron chi connectivity index (χ2n) is 8.02. The van der Waals surface area contributed by atoms with Crippen LogP contribution in [0.25, 0.3) is 5.69 Å². The SMILES string of the molecule is O=C(Nc1ccc(CN2C(=O)CCC2=O)cc1)c1nn(-c2ccccc2F)c2c1CCC2. The van der Waals surface area contributed by atoms with Gasteiger partial charge in [-0.2, -0.15) is 5.10 Å². The zero-order valence-electron chi connectivity index (χ0n) is 17.3. The van der Waals surface area contributed by atoms with E-state index in [9.17, 15) is 18.8 Å². The predicted molar refractivity (Wildman–Crippen MR) is 115 cm³/mol. The molecule has 1 aliphatic carbocycles. The number of nitrogens with one attached hydrogen (secondary N) is 1. The monoisotopic (exact) mass is 432 g/mol. The second-order valence-corrected chi connectivity index (χ2v) is 8.02. The summed E-state index contributed by atoms with van der Waals surface area (Å²) in [7, 11) is 0. The molecule has 8 heteroatoms. The van der Waals surface area contributed by atoms with Crippen molar-refractivity contribution in [1.29, 1.82) is 0 Å². The highest BCUT2D eigenvalue weighted by molar-refractivity contribution is 6.04. The largest absolute Gasteiger partial charge is 0.321 e. The summed E-state index contributed by atoms with van der Waals surface area (Å²) < 4.78 is 15.9. The minimum absolute atomic E-state index is 0.160. The Morgan fingerprint density at radius 2 is 1.69 bits per heavy atom. The first-order chi connectivity index (χ1) is 15.5. The smallest absolute Gasteiger partial charge is 0.276 e. The Morgan fingerprint density at radius 1 is 0.969 bits per heavy atom. The Morgan fingerprint density at radius 3 is 2.41 bits per heavy atom. The van der Waals surface area contributed by atoms with Crippen molar-refractivity contribution in [3.8, 4) is 5.69 Å². The average molecular weight is 432 g/mol. The number of amides is 3. The minimum atomic E-state index is -0.387. The molecule has 1 fully saturated rings. The van der Waals surface area contributed by atoms with Crippen LogP contribution in [-0.2, 0) is 29.0 Å². The highest BCUT2D eigenvalue weighted by Gasteiger charge is 2.29. The van der Waals surface area contributed by atoms with Crippen molar-refractivity contribution in [2.75, 3.05) is 5.32 Å². The van der Waals surface area contributed by atoms with E-state index in [-0.39, 0.29) is 42.9 Å². The maximum atomic E-state index is 14.3. The lowest BCUT2D eigenvalue weighted by Crippen LogP contribution is -2.28. The third-order valence-electron chi connectivity index (χ3n) is 5.93. The molecule has 1 N–H and O–H groups in total. The Balaban J connectivity index is 1.35. The number of fused-ring (bicyclic) bond motifs is 1. The lowest BCUT2D eigenvalue weighted by Gasteiger charge is -2.14. The lowest BCUT2D eigenvalue weighted by atomic mass is 10.1. The van der Waals surface area contributed by atoms with Crippen molar-refractivity contribution in [2.45, 2.75) is 38.6 Å². The van der Waals surface area contributed by atoms with E-state index in [1.54, 1.807) is 47.1 Å². The quantitative estimate of drug-likeness (QED) is 0.627. The summed E-state index contributed by atoms with van der Waals surface area (Å²) in [5, 5.41) is 7.29. The average Bonchev–Trinajstić information content (AvgIpc) is 3.48. The first kappa shape index (κ1) is 20.1. The maximum absolute atomic E-state index is 14.3. The molecule has 0 atom stereocenters. The van der Waals surface area contributed by atoms with Gasteiger partial charge in [-0.15, -0.1) is 0 Å². The van der Waals surface area contributed by atoms with Crippen LogP contribution in [0.15, 0.2) is 48.5 Å². The number of nitrogens with zero attached hydrogens (tertiary/aromatic N) is 3. The second kappa shape index (κ2) is 8.03. The number of benzene rings is 2. The molecule has 162 valence electrons. The fourth-order valence-electron chi connectivity index (χ4n) is 4.31. The van der Waals surface area contributed by atoms with Crippen LogP contribution < -0.4 is 5.32 Å². The highest BCUT2D eigenvalue weighted by atomic mass is 19.1. The van der Waals surface area contributed by atoms with E-state index in [2.05, 4.69) is 10.4 Å². The first-order valence-corrected chi connectivity index (χ1v) is 10.6. The number of rotatable bonds is 5. The van der Waals surface area contributed by atoms with Crippen LogP contribution >= 0.6 is 0 Å². The standard InChI is InChI=1S/C24H21FN4O3/c25-18-5-1-2-6-20(18)29-19-7-3-4-17(19)23(27-29)24(32)26-16-10-8-15(9-11-16)14-28-21(30)12-13-22(28)31/h1-2,5-6,8-11H,3-4,7,12-14H2,(H,26,32).